The number of rotatable bonds is 5. The van der Waals surface area contributed by atoms with E-state index in [2.05, 4.69) is 4.98 Å². The van der Waals surface area contributed by atoms with Crippen LogP contribution in [0.3, 0.4) is 0 Å². The Balaban J connectivity index is 1.35. The number of ether oxygens (including phenoxy) is 3. The maximum atomic E-state index is 12.2. The Kier molecular flexibility index (Phi) is 4.51. The molecule has 4 rings (SSSR count). The average Bonchev–Trinajstić information content (AvgIpc) is 3.12. The van der Waals surface area contributed by atoms with Gasteiger partial charge in [-0.1, -0.05) is 18.2 Å². The predicted molar refractivity (Wildman–Crippen MR) is 95.7 cm³/mol. The summed E-state index contributed by atoms with van der Waals surface area (Å²) in [5, 5.41) is 0. The molecule has 0 amide bonds. The molecule has 0 radical (unpaired) electrons. The first kappa shape index (κ1) is 16.1. The van der Waals surface area contributed by atoms with Crippen LogP contribution in [-0.2, 0) is 17.6 Å². The van der Waals surface area contributed by atoms with E-state index in [0.29, 0.717) is 24.0 Å². The minimum Gasteiger partial charge on any atom is -0.493 e. The van der Waals surface area contributed by atoms with Crippen molar-refractivity contribution in [2.45, 2.75) is 12.8 Å². The lowest BCUT2D eigenvalue weighted by Gasteiger charge is -2.07. The third kappa shape index (κ3) is 3.83. The second kappa shape index (κ2) is 7.27. The number of hydrogen-bond acceptors (Lipinski definition) is 5. The summed E-state index contributed by atoms with van der Waals surface area (Å²) in [6.45, 7) is 0.705. The predicted octanol–water partition coefficient (Wildman–Crippen LogP) is 3.96. The number of pyridine rings is 1. The summed E-state index contributed by atoms with van der Waals surface area (Å²) in [6.07, 6.45) is 2.77. The molecule has 0 N–H and O–H groups in total. The van der Waals surface area contributed by atoms with E-state index in [1.165, 1.54) is 0 Å². The lowest BCUT2D eigenvalue weighted by molar-refractivity contribution is -0.133. The highest BCUT2D eigenvalue weighted by molar-refractivity contribution is 5.75. The van der Waals surface area contributed by atoms with Crippen molar-refractivity contribution >= 4 is 5.97 Å². The topological polar surface area (TPSA) is 57.7 Å². The lowest BCUT2D eigenvalue weighted by atomic mass is 10.1. The third-order valence-corrected chi connectivity index (χ3v) is 4.02. The number of esters is 1. The number of carbonyl (C=O) groups is 1. The number of aromatic nitrogens is 1. The first-order chi connectivity index (χ1) is 12.8. The summed E-state index contributed by atoms with van der Waals surface area (Å²) >= 11 is 0. The van der Waals surface area contributed by atoms with E-state index < -0.39 is 0 Å². The highest BCUT2D eigenvalue weighted by Crippen LogP contribution is 2.26. The SMILES string of the molecule is O=C(Cc1ccc2c(c1)CCO2)Oc1ccc(Oc2ccccn2)cc1. The Morgan fingerprint density at radius 3 is 2.69 bits per heavy atom. The van der Waals surface area contributed by atoms with E-state index >= 15 is 0 Å². The molecular formula is C21H17NO4. The van der Waals surface area contributed by atoms with Gasteiger partial charge in [0.1, 0.15) is 17.2 Å². The summed E-state index contributed by atoms with van der Waals surface area (Å²) in [7, 11) is 0. The minimum absolute atomic E-state index is 0.222. The fourth-order valence-corrected chi connectivity index (χ4v) is 2.79. The molecule has 0 atom stereocenters. The van der Waals surface area contributed by atoms with Crippen molar-refractivity contribution in [3.63, 3.8) is 0 Å². The molecule has 0 spiro atoms. The van der Waals surface area contributed by atoms with E-state index in [1.807, 2.05) is 30.3 Å². The van der Waals surface area contributed by atoms with Crippen molar-refractivity contribution in [1.29, 1.82) is 0 Å². The number of nitrogens with zero attached hydrogens (tertiary/aromatic N) is 1. The molecule has 5 nitrogen and oxygen atoms in total. The molecule has 2 heterocycles. The number of fused-ring (bicyclic) bond motifs is 1. The number of hydrogen-bond donors (Lipinski definition) is 0. The summed E-state index contributed by atoms with van der Waals surface area (Å²) < 4.78 is 16.5. The van der Waals surface area contributed by atoms with E-state index in [9.17, 15) is 4.79 Å². The van der Waals surface area contributed by atoms with Crippen molar-refractivity contribution in [3.05, 3.63) is 78.0 Å². The van der Waals surface area contributed by atoms with E-state index in [1.54, 1.807) is 36.5 Å². The van der Waals surface area contributed by atoms with Gasteiger partial charge in [0.05, 0.1) is 13.0 Å². The smallest absolute Gasteiger partial charge is 0.315 e. The van der Waals surface area contributed by atoms with Gasteiger partial charge in [-0.15, -0.1) is 0 Å². The quantitative estimate of drug-likeness (QED) is 0.516. The van der Waals surface area contributed by atoms with Gasteiger partial charge < -0.3 is 14.2 Å². The van der Waals surface area contributed by atoms with Crippen LogP contribution in [0.5, 0.6) is 23.1 Å². The fourth-order valence-electron chi connectivity index (χ4n) is 2.79. The molecule has 0 unspecified atom stereocenters. The van der Waals surface area contributed by atoms with Gasteiger partial charge >= 0.3 is 5.97 Å². The van der Waals surface area contributed by atoms with Crippen LogP contribution in [0.1, 0.15) is 11.1 Å². The Morgan fingerprint density at radius 2 is 1.88 bits per heavy atom. The van der Waals surface area contributed by atoms with Gasteiger partial charge in [-0.3, -0.25) is 4.79 Å². The molecule has 3 aromatic rings. The van der Waals surface area contributed by atoms with Gasteiger partial charge in [-0.2, -0.15) is 0 Å². The monoisotopic (exact) mass is 347 g/mol. The molecule has 0 aliphatic carbocycles. The molecular weight excluding hydrogens is 330 g/mol. The maximum absolute atomic E-state index is 12.2. The van der Waals surface area contributed by atoms with Gasteiger partial charge in [0, 0.05) is 18.7 Å². The first-order valence-corrected chi connectivity index (χ1v) is 8.40. The molecule has 1 aliphatic heterocycles. The normalized spacial score (nSPS) is 12.2. The van der Waals surface area contributed by atoms with Gasteiger partial charge in [-0.05, 0) is 47.5 Å². The fraction of sp³-hybridized carbons (Fsp3) is 0.143. The molecule has 26 heavy (non-hydrogen) atoms. The molecule has 1 aromatic heterocycles. The van der Waals surface area contributed by atoms with Crippen LogP contribution in [0.15, 0.2) is 66.9 Å². The largest absolute Gasteiger partial charge is 0.493 e. The van der Waals surface area contributed by atoms with Crippen molar-refractivity contribution in [1.82, 2.24) is 4.98 Å². The van der Waals surface area contributed by atoms with E-state index in [0.717, 1.165) is 23.3 Å². The third-order valence-electron chi connectivity index (χ3n) is 4.02. The van der Waals surface area contributed by atoms with E-state index in [4.69, 9.17) is 14.2 Å². The zero-order valence-corrected chi connectivity index (χ0v) is 14.1. The Bertz CT molecular complexity index is 907. The molecule has 130 valence electrons. The van der Waals surface area contributed by atoms with Gasteiger partial charge in [-0.25, -0.2) is 4.98 Å². The zero-order valence-electron chi connectivity index (χ0n) is 14.1. The maximum Gasteiger partial charge on any atom is 0.315 e. The molecule has 0 saturated heterocycles. The highest BCUT2D eigenvalue weighted by atomic mass is 16.5. The van der Waals surface area contributed by atoms with Gasteiger partial charge in [0.15, 0.2) is 0 Å². The minimum atomic E-state index is -0.303. The molecule has 0 saturated carbocycles. The second-order valence-electron chi connectivity index (χ2n) is 5.93. The summed E-state index contributed by atoms with van der Waals surface area (Å²) in [6, 6.07) is 18.1. The van der Waals surface area contributed by atoms with Crippen molar-refractivity contribution in [2.75, 3.05) is 6.61 Å². The van der Waals surface area contributed by atoms with Crippen LogP contribution in [0.4, 0.5) is 0 Å². The van der Waals surface area contributed by atoms with Gasteiger partial charge in [0.25, 0.3) is 0 Å². The average molecular weight is 347 g/mol. The summed E-state index contributed by atoms with van der Waals surface area (Å²) in [5.74, 6) is 2.22. The lowest BCUT2D eigenvalue weighted by Crippen LogP contribution is -2.11. The summed E-state index contributed by atoms with van der Waals surface area (Å²) in [5.41, 5.74) is 2.07. The van der Waals surface area contributed by atoms with Crippen LogP contribution in [0.2, 0.25) is 0 Å². The van der Waals surface area contributed by atoms with Crippen LogP contribution in [0.25, 0.3) is 0 Å². The zero-order chi connectivity index (χ0) is 17.8. The molecule has 2 aromatic carbocycles. The Morgan fingerprint density at radius 1 is 1.04 bits per heavy atom. The summed E-state index contributed by atoms with van der Waals surface area (Å²) in [4.78, 5) is 16.3. The first-order valence-electron chi connectivity index (χ1n) is 8.40. The van der Waals surface area contributed by atoms with Crippen LogP contribution < -0.4 is 14.2 Å². The molecule has 0 fully saturated rings. The standard InChI is InChI=1S/C21H17NO4/c23-21(14-15-4-9-19-16(13-15)10-12-24-19)26-18-7-5-17(6-8-18)25-20-3-1-2-11-22-20/h1-9,11,13H,10,12,14H2. The Hall–Kier alpha value is -3.34. The van der Waals surface area contributed by atoms with Gasteiger partial charge in [0.2, 0.25) is 5.88 Å². The number of benzene rings is 2. The van der Waals surface area contributed by atoms with Crippen LogP contribution in [-0.4, -0.2) is 17.6 Å². The molecule has 1 aliphatic rings. The Labute approximate surface area is 151 Å². The van der Waals surface area contributed by atoms with Crippen LogP contribution >= 0.6 is 0 Å². The second-order valence-corrected chi connectivity index (χ2v) is 5.93. The highest BCUT2D eigenvalue weighted by Gasteiger charge is 2.14. The molecule has 0 bridgehead atoms. The van der Waals surface area contributed by atoms with Crippen molar-refractivity contribution in [2.24, 2.45) is 0 Å². The van der Waals surface area contributed by atoms with Crippen molar-refractivity contribution in [3.8, 4) is 23.1 Å². The molecule has 5 heteroatoms. The van der Waals surface area contributed by atoms with Crippen LogP contribution in [0, 0.1) is 0 Å². The van der Waals surface area contributed by atoms with E-state index in [-0.39, 0.29) is 12.4 Å². The number of carbonyl (C=O) groups excluding carboxylic acids is 1. The van der Waals surface area contributed by atoms with Crippen molar-refractivity contribution < 1.29 is 19.0 Å².